The van der Waals surface area contributed by atoms with E-state index in [1.165, 1.54) is 0 Å². The van der Waals surface area contributed by atoms with E-state index in [1.54, 1.807) is 36.9 Å². The minimum atomic E-state index is -0.00755. The molecule has 5 nitrogen and oxygen atoms in total. The Balaban J connectivity index is 1.72. The summed E-state index contributed by atoms with van der Waals surface area (Å²) in [7, 11) is 1.64. The molecule has 0 saturated carbocycles. The Kier molecular flexibility index (Phi) is 4.81. The molecule has 27 heavy (non-hydrogen) atoms. The smallest absolute Gasteiger partial charge is 0.254 e. The first-order valence-electron chi connectivity index (χ1n) is 8.75. The van der Waals surface area contributed by atoms with Crippen LogP contribution in [0, 0.1) is 6.92 Å². The number of hydrogen-bond donors (Lipinski definition) is 0. The fraction of sp³-hybridized carbons (Fsp3) is 0.238. The van der Waals surface area contributed by atoms with Crippen molar-refractivity contribution in [3.63, 3.8) is 0 Å². The van der Waals surface area contributed by atoms with Crippen LogP contribution < -0.4 is 9.47 Å². The molecule has 138 valence electrons. The first kappa shape index (κ1) is 17.5. The van der Waals surface area contributed by atoms with E-state index in [1.807, 2.05) is 29.3 Å². The average molecular weight is 380 g/mol. The number of carbonyl (C=O) groups is 1. The third-order valence-corrected chi connectivity index (χ3v) is 5.58. The quantitative estimate of drug-likeness (QED) is 0.685. The van der Waals surface area contributed by atoms with Gasteiger partial charge in [-0.3, -0.25) is 9.78 Å². The highest BCUT2D eigenvalue weighted by atomic mass is 32.1. The van der Waals surface area contributed by atoms with Crippen LogP contribution in [0.25, 0.3) is 10.4 Å². The van der Waals surface area contributed by atoms with Gasteiger partial charge >= 0.3 is 0 Å². The van der Waals surface area contributed by atoms with Crippen LogP contribution in [-0.4, -0.2) is 36.1 Å². The van der Waals surface area contributed by atoms with E-state index >= 15 is 0 Å². The topological polar surface area (TPSA) is 51.7 Å². The monoisotopic (exact) mass is 380 g/mol. The van der Waals surface area contributed by atoms with Crippen LogP contribution in [0.2, 0.25) is 0 Å². The Labute approximate surface area is 162 Å². The molecule has 1 aromatic carbocycles. The molecular formula is C21H20N2O3S. The molecule has 6 heteroatoms. The minimum absolute atomic E-state index is 0.00755. The lowest BCUT2D eigenvalue weighted by molar-refractivity contribution is 0.0732. The number of benzene rings is 1. The number of hydrogen-bond acceptors (Lipinski definition) is 5. The third-order valence-electron chi connectivity index (χ3n) is 4.66. The van der Waals surface area contributed by atoms with Crippen LogP contribution in [0.3, 0.4) is 0 Å². The molecule has 0 bridgehead atoms. The summed E-state index contributed by atoms with van der Waals surface area (Å²) in [5, 5.41) is 2.05. The van der Waals surface area contributed by atoms with Crippen LogP contribution in [0.15, 0.2) is 48.1 Å². The molecular weight excluding hydrogens is 360 g/mol. The molecule has 0 unspecified atom stereocenters. The van der Waals surface area contributed by atoms with Crippen molar-refractivity contribution >= 4 is 17.2 Å². The highest BCUT2D eigenvalue weighted by molar-refractivity contribution is 7.13. The number of fused-ring (bicyclic) bond motifs is 1. The lowest BCUT2D eigenvalue weighted by Gasteiger charge is -2.21. The number of amides is 1. The maximum absolute atomic E-state index is 13.1. The summed E-state index contributed by atoms with van der Waals surface area (Å²) in [6.45, 7) is 3.33. The zero-order valence-electron chi connectivity index (χ0n) is 15.3. The van der Waals surface area contributed by atoms with Crippen LogP contribution in [0.4, 0.5) is 0 Å². The summed E-state index contributed by atoms with van der Waals surface area (Å²) in [6, 6.07) is 9.96. The molecule has 0 saturated heterocycles. The van der Waals surface area contributed by atoms with Crippen molar-refractivity contribution in [2.45, 2.75) is 13.5 Å². The normalized spacial score (nSPS) is 13.5. The van der Waals surface area contributed by atoms with Crippen molar-refractivity contribution in [1.82, 2.24) is 9.88 Å². The van der Waals surface area contributed by atoms with Crippen LogP contribution in [-0.2, 0) is 6.54 Å². The highest BCUT2D eigenvalue weighted by Gasteiger charge is 2.25. The van der Waals surface area contributed by atoms with E-state index in [9.17, 15) is 4.79 Å². The van der Waals surface area contributed by atoms with Gasteiger partial charge in [-0.1, -0.05) is 6.07 Å². The maximum atomic E-state index is 13.1. The number of rotatable bonds is 3. The van der Waals surface area contributed by atoms with E-state index in [2.05, 4.69) is 17.1 Å². The van der Waals surface area contributed by atoms with Gasteiger partial charge in [-0.2, -0.15) is 0 Å². The van der Waals surface area contributed by atoms with Crippen molar-refractivity contribution in [1.29, 1.82) is 0 Å². The number of carbonyl (C=O) groups excluding carboxylic acids is 1. The summed E-state index contributed by atoms with van der Waals surface area (Å²) >= 11 is 1.67. The van der Waals surface area contributed by atoms with Gasteiger partial charge in [0.15, 0.2) is 11.5 Å². The summed E-state index contributed by atoms with van der Waals surface area (Å²) in [4.78, 5) is 20.1. The third kappa shape index (κ3) is 3.40. The number of methoxy groups -OCH3 is 1. The molecule has 1 aliphatic heterocycles. The molecule has 0 radical (unpaired) electrons. The molecule has 0 spiro atoms. The molecule has 3 heterocycles. The molecule has 0 atom stereocenters. The van der Waals surface area contributed by atoms with E-state index in [0.29, 0.717) is 31.0 Å². The van der Waals surface area contributed by atoms with Gasteiger partial charge in [0.1, 0.15) is 6.61 Å². The zero-order valence-corrected chi connectivity index (χ0v) is 16.1. The van der Waals surface area contributed by atoms with Crippen molar-refractivity contribution in [2.75, 3.05) is 20.3 Å². The fourth-order valence-corrected chi connectivity index (χ4v) is 3.99. The Hall–Kier alpha value is -2.86. The fourth-order valence-electron chi connectivity index (χ4n) is 3.28. The molecule has 0 fully saturated rings. The number of pyridine rings is 1. The summed E-state index contributed by atoms with van der Waals surface area (Å²) in [5.74, 6) is 1.41. The Morgan fingerprint density at radius 2 is 2.22 bits per heavy atom. The predicted molar refractivity (Wildman–Crippen MR) is 106 cm³/mol. The van der Waals surface area contributed by atoms with Crippen LogP contribution in [0.1, 0.15) is 21.5 Å². The van der Waals surface area contributed by atoms with E-state index in [0.717, 1.165) is 27.3 Å². The SMILES string of the molecule is COc1cc(-c2cccs2)cc2c1OCCN(C(=O)c1ccncc1C)C2. The maximum Gasteiger partial charge on any atom is 0.254 e. The second-order valence-corrected chi connectivity index (χ2v) is 7.36. The minimum Gasteiger partial charge on any atom is -0.493 e. The molecule has 3 aromatic rings. The first-order chi connectivity index (χ1) is 13.2. The number of aromatic nitrogens is 1. The average Bonchev–Trinajstić information content (AvgIpc) is 3.14. The number of aryl methyl sites for hydroxylation is 1. The van der Waals surface area contributed by atoms with Crippen molar-refractivity contribution in [3.8, 4) is 21.9 Å². The Morgan fingerprint density at radius 1 is 1.33 bits per heavy atom. The van der Waals surface area contributed by atoms with Crippen LogP contribution in [0.5, 0.6) is 11.5 Å². The molecule has 1 aliphatic rings. The number of ether oxygens (including phenoxy) is 2. The lowest BCUT2D eigenvalue weighted by Crippen LogP contribution is -2.32. The summed E-state index contributed by atoms with van der Waals surface area (Å²) < 4.78 is 11.5. The van der Waals surface area contributed by atoms with Crippen molar-refractivity contribution < 1.29 is 14.3 Å². The molecule has 4 rings (SSSR count). The molecule has 2 aromatic heterocycles. The van der Waals surface area contributed by atoms with Gasteiger partial charge in [-0.05, 0) is 47.7 Å². The van der Waals surface area contributed by atoms with Gasteiger partial charge in [0.05, 0.1) is 13.7 Å². The van der Waals surface area contributed by atoms with E-state index < -0.39 is 0 Å². The molecule has 0 aliphatic carbocycles. The largest absolute Gasteiger partial charge is 0.493 e. The van der Waals surface area contributed by atoms with Crippen LogP contribution >= 0.6 is 11.3 Å². The summed E-state index contributed by atoms with van der Waals surface area (Å²) in [6.07, 6.45) is 3.37. The molecule has 1 amide bonds. The number of nitrogens with zero attached hydrogens (tertiary/aromatic N) is 2. The molecule has 0 N–H and O–H groups in total. The van der Waals surface area contributed by atoms with Crippen molar-refractivity contribution in [2.24, 2.45) is 0 Å². The highest BCUT2D eigenvalue weighted by Crippen LogP contribution is 2.39. The van der Waals surface area contributed by atoms with E-state index in [-0.39, 0.29) is 5.91 Å². The van der Waals surface area contributed by atoms with Gasteiger partial charge in [0, 0.05) is 34.9 Å². The predicted octanol–water partition coefficient (Wildman–Crippen LogP) is 4.16. The van der Waals surface area contributed by atoms with Gasteiger partial charge in [0.2, 0.25) is 0 Å². The number of thiophene rings is 1. The van der Waals surface area contributed by atoms with Gasteiger partial charge in [-0.15, -0.1) is 11.3 Å². The summed E-state index contributed by atoms with van der Waals surface area (Å²) in [5.41, 5.74) is 3.57. The van der Waals surface area contributed by atoms with E-state index in [4.69, 9.17) is 9.47 Å². The van der Waals surface area contributed by atoms with Crippen molar-refractivity contribution in [3.05, 3.63) is 64.8 Å². The first-order valence-corrected chi connectivity index (χ1v) is 9.63. The van der Waals surface area contributed by atoms with Gasteiger partial charge in [-0.25, -0.2) is 0 Å². The Morgan fingerprint density at radius 3 is 2.96 bits per heavy atom. The Bertz CT molecular complexity index is 970. The van der Waals surface area contributed by atoms with Gasteiger partial charge < -0.3 is 14.4 Å². The second kappa shape index (κ2) is 7.40. The lowest BCUT2D eigenvalue weighted by atomic mass is 10.1. The standard InChI is InChI=1S/C21H20N2O3S/c1-14-12-22-6-5-17(14)21(24)23-7-8-26-20-16(13-23)10-15(11-18(20)25-2)19-4-3-9-27-19/h3-6,9-12H,7-8,13H2,1-2H3. The second-order valence-electron chi connectivity index (χ2n) is 6.41. The van der Waals surface area contributed by atoms with Gasteiger partial charge in [0.25, 0.3) is 5.91 Å². The zero-order chi connectivity index (χ0) is 18.8.